The minimum absolute atomic E-state index is 0.102. The van der Waals surface area contributed by atoms with E-state index in [-0.39, 0.29) is 30.8 Å². The molecule has 3 unspecified atom stereocenters. The second-order valence-corrected chi connectivity index (χ2v) is 16.1. The van der Waals surface area contributed by atoms with Crippen molar-refractivity contribution >= 4 is 11.8 Å². The average molecular weight is 714 g/mol. The van der Waals surface area contributed by atoms with Gasteiger partial charge < -0.3 is 53.4 Å². The van der Waals surface area contributed by atoms with Gasteiger partial charge in [-0.3, -0.25) is 9.59 Å². The fourth-order valence-electron chi connectivity index (χ4n) is 8.59. The van der Waals surface area contributed by atoms with Crippen LogP contribution in [0, 0.1) is 17.8 Å². The maximum absolute atomic E-state index is 14.2. The van der Waals surface area contributed by atoms with E-state index in [0.29, 0.717) is 24.2 Å². The van der Waals surface area contributed by atoms with E-state index in [1.807, 2.05) is 46.7 Å². The molecule has 4 aliphatic heterocycles. The first-order valence-electron chi connectivity index (χ1n) is 18.2. The van der Waals surface area contributed by atoms with Crippen LogP contribution in [0.25, 0.3) is 0 Å². The molecule has 2 bridgehead atoms. The maximum Gasteiger partial charge on any atom is 0.311 e. The van der Waals surface area contributed by atoms with Gasteiger partial charge in [0.05, 0.1) is 41.5 Å². The van der Waals surface area contributed by atoms with E-state index in [0.717, 1.165) is 0 Å². The molecule has 4 heterocycles. The standard InChI is InChI=1S/C37H63NO12/c1-14-25-37(10)30(40)20(4)28(50-37)18(2)16-35(8,43)32(49-34-27(39)24(38(11)12)15-19(3)45-34)21(5)29(22(6)33(42)47-25)48-26-17-36(9,44-13)31(41)23(7)46-26/h18-19,21-27,29,31-32,34,39,41,43H,14-17H2,1-13H3/t18-,19?,21+,22-,23+,24+,25-,26+,27-,29+,31+,32?,34+,35?,36-,37-/m1/s1. The summed E-state index contributed by atoms with van der Waals surface area (Å²) in [5, 5.41) is 34.9. The highest BCUT2D eigenvalue weighted by atomic mass is 16.7. The van der Waals surface area contributed by atoms with E-state index in [4.69, 9.17) is 33.2 Å². The minimum atomic E-state index is -1.63. The Bertz CT molecular complexity index is 1260. The van der Waals surface area contributed by atoms with Crippen LogP contribution in [-0.2, 0) is 42.7 Å². The predicted molar refractivity (Wildman–Crippen MR) is 183 cm³/mol. The van der Waals surface area contributed by atoms with Crippen molar-refractivity contribution in [1.29, 1.82) is 0 Å². The van der Waals surface area contributed by atoms with E-state index in [2.05, 4.69) is 0 Å². The van der Waals surface area contributed by atoms with Crippen LogP contribution in [0.3, 0.4) is 0 Å². The Balaban J connectivity index is 1.83. The van der Waals surface area contributed by atoms with E-state index in [9.17, 15) is 24.9 Å². The third kappa shape index (κ3) is 7.82. The number of hydrogen-bond donors (Lipinski definition) is 3. The number of aliphatic hydroxyl groups is 3. The molecular formula is C37H63NO12. The summed E-state index contributed by atoms with van der Waals surface area (Å²) in [4.78, 5) is 29.8. The van der Waals surface area contributed by atoms with Crippen LogP contribution in [-0.4, -0.2) is 131 Å². The molecule has 4 rings (SSSR count). The molecule has 16 atom stereocenters. The number of carbonyl (C=O) groups excluding carboxylic acids is 2. The van der Waals surface area contributed by atoms with E-state index in [1.54, 1.807) is 41.5 Å². The highest BCUT2D eigenvalue weighted by Gasteiger charge is 2.56. The quantitative estimate of drug-likeness (QED) is 0.331. The molecule has 0 aliphatic carbocycles. The Morgan fingerprint density at radius 1 is 0.980 bits per heavy atom. The Morgan fingerprint density at radius 3 is 2.20 bits per heavy atom. The number of fused-ring (bicyclic) bond motifs is 2. The monoisotopic (exact) mass is 713 g/mol. The largest absolute Gasteiger partial charge is 0.479 e. The van der Waals surface area contributed by atoms with Gasteiger partial charge >= 0.3 is 5.97 Å². The normalized spacial score (nSPS) is 48.1. The number of Topliss-reactive ketones (excluding diaryl/α,β-unsaturated/α-hetero) is 1. The maximum atomic E-state index is 14.2. The van der Waals surface area contributed by atoms with Crippen molar-refractivity contribution in [3.05, 3.63) is 11.3 Å². The molecule has 50 heavy (non-hydrogen) atoms. The minimum Gasteiger partial charge on any atom is -0.479 e. The molecule has 0 spiro atoms. The Labute approximate surface area is 297 Å². The number of rotatable bonds is 7. The van der Waals surface area contributed by atoms with Crippen LogP contribution in [0.5, 0.6) is 0 Å². The molecule has 13 heteroatoms. The summed E-state index contributed by atoms with van der Waals surface area (Å²) in [6, 6.07) is -0.275. The summed E-state index contributed by atoms with van der Waals surface area (Å²) in [6.07, 6.45) is -6.74. The van der Waals surface area contributed by atoms with Crippen molar-refractivity contribution in [3.63, 3.8) is 0 Å². The zero-order valence-electron chi connectivity index (χ0n) is 32.3. The van der Waals surface area contributed by atoms with Crippen molar-refractivity contribution < 1.29 is 58.1 Å². The number of aliphatic hydroxyl groups excluding tert-OH is 2. The van der Waals surface area contributed by atoms with Gasteiger partial charge in [-0.05, 0) is 81.8 Å². The van der Waals surface area contributed by atoms with Crippen LogP contribution >= 0.6 is 0 Å². The first-order chi connectivity index (χ1) is 23.1. The highest BCUT2D eigenvalue weighted by molar-refractivity contribution is 6.04. The molecule has 0 aromatic carbocycles. The number of allylic oxidation sites excluding steroid dienone is 1. The lowest BCUT2D eigenvalue weighted by atomic mass is 9.77. The van der Waals surface area contributed by atoms with E-state index < -0.39 is 89.7 Å². The zero-order chi connectivity index (χ0) is 37.7. The average Bonchev–Trinajstić information content (AvgIpc) is 3.28. The van der Waals surface area contributed by atoms with Gasteiger partial charge in [0.2, 0.25) is 11.4 Å². The highest BCUT2D eigenvalue weighted by Crippen LogP contribution is 2.44. The van der Waals surface area contributed by atoms with E-state index >= 15 is 0 Å². The van der Waals surface area contributed by atoms with Gasteiger partial charge in [0.15, 0.2) is 12.6 Å². The lowest BCUT2D eigenvalue weighted by Gasteiger charge is -2.48. The fourth-order valence-corrected chi connectivity index (χ4v) is 8.59. The van der Waals surface area contributed by atoms with Crippen LogP contribution in [0.2, 0.25) is 0 Å². The first-order valence-corrected chi connectivity index (χ1v) is 18.2. The molecule has 288 valence electrons. The molecule has 3 saturated heterocycles. The molecule has 0 saturated carbocycles. The number of ether oxygens (including phenoxy) is 7. The summed E-state index contributed by atoms with van der Waals surface area (Å²) >= 11 is 0. The van der Waals surface area contributed by atoms with Crippen molar-refractivity contribution in [2.75, 3.05) is 21.2 Å². The van der Waals surface area contributed by atoms with Crippen LogP contribution in [0.1, 0.15) is 94.9 Å². The molecule has 0 aromatic heterocycles. The molecule has 0 radical (unpaired) electrons. The topological polar surface area (TPSA) is 163 Å². The van der Waals surface area contributed by atoms with E-state index in [1.165, 1.54) is 7.11 Å². The third-order valence-electron chi connectivity index (χ3n) is 11.7. The number of methoxy groups -OCH3 is 1. The number of esters is 1. The van der Waals surface area contributed by atoms with Crippen LogP contribution < -0.4 is 0 Å². The fraction of sp³-hybridized carbons (Fsp3) is 0.892. The summed E-state index contributed by atoms with van der Waals surface area (Å²) in [5.41, 5.74) is -3.67. The van der Waals surface area contributed by atoms with Crippen LogP contribution in [0.15, 0.2) is 11.3 Å². The second kappa shape index (κ2) is 15.4. The van der Waals surface area contributed by atoms with Gasteiger partial charge in [0, 0.05) is 37.0 Å². The smallest absolute Gasteiger partial charge is 0.311 e. The van der Waals surface area contributed by atoms with Gasteiger partial charge in [0.1, 0.15) is 24.1 Å². The number of cyclic esters (lactones) is 1. The molecule has 3 fully saturated rings. The Hall–Kier alpha value is -1.68. The van der Waals surface area contributed by atoms with Gasteiger partial charge in [-0.2, -0.15) is 0 Å². The first kappa shape index (κ1) is 41.1. The number of hydrogen-bond acceptors (Lipinski definition) is 13. The van der Waals surface area contributed by atoms with Crippen molar-refractivity contribution in [3.8, 4) is 0 Å². The lowest BCUT2D eigenvalue weighted by Crippen LogP contribution is -2.60. The molecule has 13 nitrogen and oxygen atoms in total. The van der Waals surface area contributed by atoms with Gasteiger partial charge in [-0.25, -0.2) is 0 Å². The van der Waals surface area contributed by atoms with Gasteiger partial charge in [-0.1, -0.05) is 20.8 Å². The number of likely N-dealkylation sites (N-methyl/N-ethyl adjacent to an activating group) is 1. The summed E-state index contributed by atoms with van der Waals surface area (Å²) in [7, 11) is 5.27. The molecular weight excluding hydrogens is 650 g/mol. The van der Waals surface area contributed by atoms with Gasteiger partial charge in [-0.15, -0.1) is 0 Å². The van der Waals surface area contributed by atoms with Crippen molar-refractivity contribution in [1.82, 2.24) is 4.90 Å². The summed E-state index contributed by atoms with van der Waals surface area (Å²) in [5.74, 6) is -2.61. The SMILES string of the molecule is CC[C@H]1OC(=O)[C@H](C)[C@@H](O[C@H]2C[C@@](C)(OC)[C@@H](O)[C@H](C)O2)[C@H](C)C(O[C@@H]2OC(C)C[C@H](N(C)C)[C@H]2O)C(C)(O)C[C@@H](C)C2=C(C)C(=O)[C@]1(C)O2. The third-order valence-corrected chi connectivity index (χ3v) is 11.7. The number of nitrogens with zero attached hydrogens (tertiary/aromatic N) is 1. The van der Waals surface area contributed by atoms with Crippen LogP contribution in [0.4, 0.5) is 0 Å². The number of ketones is 1. The molecule has 3 N–H and O–H groups in total. The molecule has 4 aliphatic rings. The molecule has 0 aromatic rings. The second-order valence-electron chi connectivity index (χ2n) is 16.1. The summed E-state index contributed by atoms with van der Waals surface area (Å²) in [6.45, 7) is 17.6. The zero-order valence-corrected chi connectivity index (χ0v) is 32.3. The predicted octanol–water partition coefficient (Wildman–Crippen LogP) is 3.10. The van der Waals surface area contributed by atoms with Crippen molar-refractivity contribution in [2.24, 2.45) is 17.8 Å². The Kier molecular flexibility index (Phi) is 12.6. The summed E-state index contributed by atoms with van der Waals surface area (Å²) < 4.78 is 43.9. The number of carbonyl (C=O) groups is 2. The lowest BCUT2D eigenvalue weighted by molar-refractivity contribution is -0.317. The van der Waals surface area contributed by atoms with Gasteiger partial charge in [0.25, 0.3) is 0 Å². The Morgan fingerprint density at radius 2 is 1.62 bits per heavy atom. The van der Waals surface area contributed by atoms with Crippen molar-refractivity contribution in [2.45, 2.75) is 173 Å². The molecule has 0 amide bonds.